The number of nitrogen functional groups attached to an aromatic ring is 1. The Balaban J connectivity index is 1.73. The Bertz CT molecular complexity index is 914. The van der Waals surface area contributed by atoms with E-state index in [1.54, 1.807) is 16.4 Å². The van der Waals surface area contributed by atoms with Gasteiger partial charge >= 0.3 is 0 Å². The van der Waals surface area contributed by atoms with Crippen molar-refractivity contribution in [2.45, 2.75) is 24.2 Å². The number of nitrogens with zero attached hydrogens (tertiary/aromatic N) is 1. The van der Waals surface area contributed by atoms with Gasteiger partial charge < -0.3 is 10.5 Å². The van der Waals surface area contributed by atoms with Gasteiger partial charge in [-0.15, -0.1) is 0 Å². The molecule has 0 unspecified atom stereocenters. The molecule has 1 saturated heterocycles. The molecule has 2 N–H and O–H groups in total. The molecule has 2 aromatic rings. The van der Waals surface area contributed by atoms with Gasteiger partial charge in [0.25, 0.3) is 0 Å². The van der Waals surface area contributed by atoms with Crippen molar-refractivity contribution in [1.82, 2.24) is 4.31 Å². The summed E-state index contributed by atoms with van der Waals surface area (Å²) in [5.41, 5.74) is 8.23. The Hall–Kier alpha value is -2.05. The van der Waals surface area contributed by atoms with Crippen LogP contribution in [0.5, 0.6) is 5.75 Å². The lowest BCUT2D eigenvalue weighted by atomic mass is 10.0. The van der Waals surface area contributed by atoms with Crippen molar-refractivity contribution in [3.8, 4) is 16.9 Å². The number of rotatable bonds is 4. The maximum absolute atomic E-state index is 13.3. The predicted molar refractivity (Wildman–Crippen MR) is 102 cm³/mol. The zero-order valence-electron chi connectivity index (χ0n) is 14.9. The lowest BCUT2D eigenvalue weighted by Crippen LogP contribution is -2.30. The normalized spacial score (nSPS) is 23.1. The zero-order chi connectivity index (χ0) is 18.3. The molecule has 2 aliphatic rings. The smallest absolute Gasteiger partial charge is 0.246 e. The van der Waals surface area contributed by atoms with E-state index in [9.17, 15) is 8.42 Å². The van der Waals surface area contributed by atoms with Gasteiger partial charge in [0.05, 0.1) is 7.11 Å². The summed E-state index contributed by atoms with van der Waals surface area (Å²) in [5, 5.41) is 0. The highest BCUT2D eigenvalue weighted by molar-refractivity contribution is 7.89. The minimum absolute atomic E-state index is 0.236. The van der Waals surface area contributed by atoms with Gasteiger partial charge in [0.15, 0.2) is 0 Å². The number of ether oxygens (including phenoxy) is 1. The van der Waals surface area contributed by atoms with Crippen LogP contribution in [0.25, 0.3) is 11.1 Å². The van der Waals surface area contributed by atoms with Gasteiger partial charge in [0.1, 0.15) is 10.6 Å². The third-order valence-corrected chi connectivity index (χ3v) is 7.55. The first-order valence-electron chi connectivity index (χ1n) is 9.03. The minimum atomic E-state index is -3.59. The average molecular weight is 372 g/mol. The van der Waals surface area contributed by atoms with E-state index in [0.29, 0.717) is 36.4 Å². The van der Waals surface area contributed by atoms with Crippen LogP contribution in [0.4, 0.5) is 5.69 Å². The molecule has 138 valence electrons. The second kappa shape index (κ2) is 6.59. The molecule has 5 nitrogen and oxygen atoms in total. The van der Waals surface area contributed by atoms with Crippen LogP contribution >= 0.6 is 0 Å². The van der Waals surface area contributed by atoms with Crippen molar-refractivity contribution in [3.05, 3.63) is 42.5 Å². The second-order valence-electron chi connectivity index (χ2n) is 7.26. The standard InChI is InChI=1S/C20H24N2O3S/c1-25-19-9-8-15(14-4-3-7-18(21)10-14)11-20(19)26(23,24)22-12-16-5-2-6-17(16)13-22/h3-4,7-11,16-17H,2,5-6,12-13,21H2,1H3/t16-,17+. The number of nitrogens with two attached hydrogens (primary N) is 1. The Morgan fingerprint density at radius 2 is 1.73 bits per heavy atom. The number of sulfonamides is 1. The van der Waals surface area contributed by atoms with E-state index in [1.807, 2.05) is 30.3 Å². The highest BCUT2D eigenvalue weighted by atomic mass is 32.2. The van der Waals surface area contributed by atoms with Crippen LogP contribution in [-0.4, -0.2) is 32.9 Å². The molecule has 1 heterocycles. The molecular weight excluding hydrogens is 348 g/mol. The van der Waals surface area contributed by atoms with E-state index in [4.69, 9.17) is 10.5 Å². The molecule has 1 aliphatic carbocycles. The molecule has 26 heavy (non-hydrogen) atoms. The molecule has 0 spiro atoms. The van der Waals surface area contributed by atoms with Gasteiger partial charge in [-0.2, -0.15) is 4.31 Å². The summed E-state index contributed by atoms with van der Waals surface area (Å²) < 4.78 is 33.6. The lowest BCUT2D eigenvalue weighted by molar-refractivity contribution is 0.396. The van der Waals surface area contributed by atoms with Gasteiger partial charge in [0.2, 0.25) is 10.0 Å². The van der Waals surface area contributed by atoms with Crippen molar-refractivity contribution in [2.24, 2.45) is 11.8 Å². The van der Waals surface area contributed by atoms with E-state index in [-0.39, 0.29) is 4.90 Å². The van der Waals surface area contributed by atoms with Crippen LogP contribution in [-0.2, 0) is 10.0 Å². The van der Waals surface area contributed by atoms with Crippen LogP contribution in [0.15, 0.2) is 47.4 Å². The summed E-state index contributed by atoms with van der Waals surface area (Å²) >= 11 is 0. The molecule has 0 aromatic heterocycles. The summed E-state index contributed by atoms with van der Waals surface area (Å²) in [6.07, 6.45) is 3.49. The molecule has 0 amide bonds. The largest absolute Gasteiger partial charge is 0.495 e. The first-order chi connectivity index (χ1) is 12.5. The monoisotopic (exact) mass is 372 g/mol. The first-order valence-corrected chi connectivity index (χ1v) is 10.5. The molecule has 2 aromatic carbocycles. The predicted octanol–water partition coefficient (Wildman–Crippen LogP) is 3.37. The molecular formula is C20H24N2O3S. The summed E-state index contributed by atoms with van der Waals surface area (Å²) in [6.45, 7) is 1.25. The van der Waals surface area contributed by atoms with Gasteiger partial charge in [-0.05, 0) is 60.1 Å². The number of benzene rings is 2. The maximum Gasteiger partial charge on any atom is 0.246 e. The zero-order valence-corrected chi connectivity index (χ0v) is 15.7. The molecule has 1 saturated carbocycles. The van der Waals surface area contributed by atoms with E-state index in [0.717, 1.165) is 24.0 Å². The number of anilines is 1. The highest BCUT2D eigenvalue weighted by Gasteiger charge is 2.42. The fourth-order valence-electron chi connectivity index (χ4n) is 4.30. The van der Waals surface area contributed by atoms with Gasteiger partial charge in [-0.3, -0.25) is 0 Å². The van der Waals surface area contributed by atoms with Crippen LogP contribution in [0.2, 0.25) is 0 Å². The topological polar surface area (TPSA) is 72.6 Å². The van der Waals surface area contributed by atoms with Gasteiger partial charge in [-0.1, -0.05) is 24.6 Å². The van der Waals surface area contributed by atoms with Crippen molar-refractivity contribution >= 4 is 15.7 Å². The van der Waals surface area contributed by atoms with Gasteiger partial charge in [-0.25, -0.2) is 8.42 Å². The van der Waals surface area contributed by atoms with Crippen molar-refractivity contribution < 1.29 is 13.2 Å². The highest BCUT2D eigenvalue weighted by Crippen LogP contribution is 2.41. The van der Waals surface area contributed by atoms with E-state index in [2.05, 4.69) is 0 Å². The summed E-state index contributed by atoms with van der Waals surface area (Å²) in [4.78, 5) is 0.236. The fourth-order valence-corrected chi connectivity index (χ4v) is 6.04. The van der Waals surface area contributed by atoms with E-state index >= 15 is 0 Å². The van der Waals surface area contributed by atoms with Crippen molar-refractivity contribution in [3.63, 3.8) is 0 Å². The number of hydrogen-bond acceptors (Lipinski definition) is 4. The van der Waals surface area contributed by atoms with E-state index < -0.39 is 10.0 Å². The Morgan fingerprint density at radius 1 is 1.04 bits per heavy atom. The number of methoxy groups -OCH3 is 1. The van der Waals surface area contributed by atoms with Crippen LogP contribution < -0.4 is 10.5 Å². The van der Waals surface area contributed by atoms with Crippen molar-refractivity contribution in [1.29, 1.82) is 0 Å². The SMILES string of the molecule is COc1ccc(-c2cccc(N)c2)cc1S(=O)(=O)N1C[C@H]2CCC[C@H]2C1. The summed E-state index contributed by atoms with van der Waals surface area (Å²) in [7, 11) is -2.08. The number of fused-ring (bicyclic) bond motifs is 1. The molecule has 0 bridgehead atoms. The quantitative estimate of drug-likeness (QED) is 0.835. The summed E-state index contributed by atoms with van der Waals surface area (Å²) in [5.74, 6) is 1.40. The van der Waals surface area contributed by atoms with E-state index in [1.165, 1.54) is 13.5 Å². The van der Waals surface area contributed by atoms with Crippen molar-refractivity contribution in [2.75, 3.05) is 25.9 Å². The van der Waals surface area contributed by atoms with Crippen LogP contribution in [0.3, 0.4) is 0 Å². The molecule has 0 radical (unpaired) electrons. The molecule has 4 rings (SSSR count). The Labute approximate surface area is 154 Å². The van der Waals surface area contributed by atoms with Gasteiger partial charge in [0, 0.05) is 18.8 Å². The molecule has 1 aliphatic heterocycles. The fraction of sp³-hybridized carbons (Fsp3) is 0.400. The number of hydrogen-bond donors (Lipinski definition) is 1. The summed E-state index contributed by atoms with van der Waals surface area (Å²) in [6, 6.07) is 12.7. The van der Waals surface area contributed by atoms with Crippen LogP contribution in [0.1, 0.15) is 19.3 Å². The third kappa shape index (κ3) is 2.97. The third-order valence-electron chi connectivity index (χ3n) is 5.69. The first kappa shape index (κ1) is 17.4. The average Bonchev–Trinajstić information content (AvgIpc) is 3.23. The van der Waals surface area contributed by atoms with Crippen LogP contribution in [0, 0.1) is 11.8 Å². The lowest BCUT2D eigenvalue weighted by Gasteiger charge is -2.20. The minimum Gasteiger partial charge on any atom is -0.495 e. The Morgan fingerprint density at radius 3 is 2.38 bits per heavy atom. The Kier molecular flexibility index (Phi) is 4.40. The second-order valence-corrected chi connectivity index (χ2v) is 9.17. The molecule has 2 atom stereocenters. The maximum atomic E-state index is 13.3. The molecule has 2 fully saturated rings. The molecule has 6 heteroatoms.